The third-order valence-electron chi connectivity index (χ3n) is 3.25. The molecular weight excluding hydrogens is 260 g/mol. The second-order valence-electron chi connectivity index (χ2n) is 4.61. The van der Waals surface area contributed by atoms with Crippen molar-refractivity contribution < 1.29 is 4.74 Å². The summed E-state index contributed by atoms with van der Waals surface area (Å²) in [5.41, 5.74) is 8.20. The third kappa shape index (κ3) is 5.96. The average Bonchev–Trinajstić information content (AvgIpc) is 2.58. The number of benzene rings is 1. The van der Waals surface area contributed by atoms with E-state index in [1.165, 1.54) is 18.2 Å². The molecule has 0 saturated carbocycles. The molecule has 0 aliphatic heterocycles. The molecule has 0 unspecified atom stereocenters. The second-order valence-corrected chi connectivity index (χ2v) is 4.61. The first-order chi connectivity index (χ1) is 10.3. The fraction of sp³-hybridized carbons (Fsp3) is 0.389. The lowest BCUT2D eigenvalue weighted by atomic mass is 10.2. The molecule has 2 N–H and O–H groups in total. The number of nitrogens with two attached hydrogens (primary N) is 1. The molecule has 0 fully saturated rings. The van der Waals surface area contributed by atoms with Crippen LogP contribution in [0.15, 0.2) is 42.6 Å². The van der Waals surface area contributed by atoms with Crippen LogP contribution in [0.5, 0.6) is 5.75 Å². The molecule has 1 aromatic carbocycles. The van der Waals surface area contributed by atoms with Crippen LogP contribution in [0.4, 0.5) is 0 Å². The van der Waals surface area contributed by atoms with E-state index < -0.39 is 0 Å². The highest BCUT2D eigenvalue weighted by Crippen LogP contribution is 2.13. The summed E-state index contributed by atoms with van der Waals surface area (Å²) in [5, 5.41) is 0. The van der Waals surface area contributed by atoms with Crippen LogP contribution in [0.2, 0.25) is 0 Å². The van der Waals surface area contributed by atoms with Gasteiger partial charge in [0.05, 0.1) is 6.61 Å². The summed E-state index contributed by atoms with van der Waals surface area (Å²) < 4.78 is 5.73. The SMILES string of the molecule is CCc1ccc(OCCc2ccc(CC)cn2)cc1.CN. The fourth-order valence-electron chi connectivity index (χ4n) is 1.91. The minimum Gasteiger partial charge on any atom is -0.493 e. The monoisotopic (exact) mass is 286 g/mol. The Morgan fingerprint density at radius 1 is 0.905 bits per heavy atom. The van der Waals surface area contributed by atoms with E-state index in [2.05, 4.69) is 48.8 Å². The summed E-state index contributed by atoms with van der Waals surface area (Å²) >= 11 is 0. The van der Waals surface area contributed by atoms with Crippen LogP contribution in [0.3, 0.4) is 0 Å². The van der Waals surface area contributed by atoms with E-state index in [9.17, 15) is 0 Å². The molecule has 0 aliphatic rings. The predicted molar refractivity (Wildman–Crippen MR) is 88.7 cm³/mol. The number of aromatic nitrogens is 1. The lowest BCUT2D eigenvalue weighted by Crippen LogP contribution is -2.03. The molecule has 3 heteroatoms. The minimum absolute atomic E-state index is 0.671. The third-order valence-corrected chi connectivity index (χ3v) is 3.25. The predicted octanol–water partition coefficient (Wildman–Crippen LogP) is 3.40. The van der Waals surface area contributed by atoms with Gasteiger partial charge in [0, 0.05) is 18.3 Å². The van der Waals surface area contributed by atoms with Crippen molar-refractivity contribution in [3.05, 3.63) is 59.4 Å². The Morgan fingerprint density at radius 3 is 2.05 bits per heavy atom. The Morgan fingerprint density at radius 2 is 1.52 bits per heavy atom. The normalized spacial score (nSPS) is 9.71. The molecule has 0 aliphatic carbocycles. The zero-order chi connectivity index (χ0) is 15.5. The number of pyridine rings is 1. The minimum atomic E-state index is 0.671. The smallest absolute Gasteiger partial charge is 0.119 e. The highest BCUT2D eigenvalue weighted by atomic mass is 16.5. The standard InChI is InChI=1S/C17H21NO.CH5N/c1-3-14-6-9-17(10-7-14)19-12-11-16-8-5-15(4-2)13-18-16;1-2/h5-10,13H,3-4,11-12H2,1-2H3;2H2,1H3. The number of rotatable bonds is 6. The number of ether oxygens (including phenoxy) is 1. The molecule has 1 aromatic heterocycles. The van der Waals surface area contributed by atoms with Crippen LogP contribution >= 0.6 is 0 Å². The highest BCUT2D eigenvalue weighted by molar-refractivity contribution is 5.27. The molecule has 0 bridgehead atoms. The van der Waals surface area contributed by atoms with Crippen molar-refractivity contribution in [3.63, 3.8) is 0 Å². The molecule has 2 aromatic rings. The van der Waals surface area contributed by atoms with Crippen molar-refractivity contribution >= 4 is 0 Å². The van der Waals surface area contributed by atoms with Gasteiger partial charge in [0.2, 0.25) is 0 Å². The topological polar surface area (TPSA) is 48.1 Å². The van der Waals surface area contributed by atoms with Crippen LogP contribution < -0.4 is 10.5 Å². The Labute approximate surface area is 128 Å². The van der Waals surface area contributed by atoms with Gasteiger partial charge >= 0.3 is 0 Å². The van der Waals surface area contributed by atoms with E-state index in [4.69, 9.17) is 4.74 Å². The molecule has 0 radical (unpaired) electrons. The molecule has 0 atom stereocenters. The molecule has 114 valence electrons. The van der Waals surface area contributed by atoms with E-state index in [0.717, 1.165) is 30.7 Å². The maximum atomic E-state index is 5.73. The summed E-state index contributed by atoms with van der Waals surface area (Å²) in [5.74, 6) is 0.933. The van der Waals surface area contributed by atoms with Crippen LogP contribution in [-0.4, -0.2) is 18.6 Å². The van der Waals surface area contributed by atoms with Gasteiger partial charge in [-0.05, 0) is 49.2 Å². The fourth-order valence-corrected chi connectivity index (χ4v) is 1.91. The largest absolute Gasteiger partial charge is 0.493 e. The molecule has 1 heterocycles. The van der Waals surface area contributed by atoms with E-state index in [1.807, 2.05) is 18.3 Å². The summed E-state index contributed by atoms with van der Waals surface area (Å²) in [6.07, 6.45) is 4.90. The van der Waals surface area contributed by atoms with Crippen LogP contribution in [-0.2, 0) is 19.3 Å². The first-order valence-corrected chi connectivity index (χ1v) is 7.55. The number of hydrogen-bond donors (Lipinski definition) is 1. The highest BCUT2D eigenvalue weighted by Gasteiger charge is 1.98. The van der Waals surface area contributed by atoms with Crippen molar-refractivity contribution in [2.75, 3.05) is 13.7 Å². The Hall–Kier alpha value is -1.87. The summed E-state index contributed by atoms with van der Waals surface area (Å²) in [4.78, 5) is 4.43. The van der Waals surface area contributed by atoms with Crippen LogP contribution in [0.25, 0.3) is 0 Å². The van der Waals surface area contributed by atoms with Crippen molar-refractivity contribution in [2.24, 2.45) is 5.73 Å². The molecule has 0 spiro atoms. The Kier molecular flexibility index (Phi) is 8.14. The van der Waals surface area contributed by atoms with Crippen LogP contribution in [0, 0.1) is 0 Å². The Balaban J connectivity index is 0.00000106. The van der Waals surface area contributed by atoms with E-state index in [0.29, 0.717) is 6.61 Å². The Bertz CT molecular complexity index is 444. The van der Waals surface area contributed by atoms with Gasteiger partial charge in [-0.3, -0.25) is 4.98 Å². The first-order valence-electron chi connectivity index (χ1n) is 7.55. The molecule has 0 amide bonds. The molecule has 2 rings (SSSR count). The van der Waals surface area contributed by atoms with E-state index in [1.54, 1.807) is 0 Å². The van der Waals surface area contributed by atoms with Crippen LogP contribution in [0.1, 0.15) is 30.7 Å². The maximum Gasteiger partial charge on any atom is 0.119 e. The average molecular weight is 286 g/mol. The second kappa shape index (κ2) is 9.94. The van der Waals surface area contributed by atoms with Gasteiger partial charge in [0.1, 0.15) is 5.75 Å². The zero-order valence-corrected chi connectivity index (χ0v) is 13.3. The number of hydrogen-bond acceptors (Lipinski definition) is 3. The van der Waals surface area contributed by atoms with Gasteiger partial charge in [-0.2, -0.15) is 0 Å². The van der Waals surface area contributed by atoms with Gasteiger partial charge in [-0.25, -0.2) is 0 Å². The van der Waals surface area contributed by atoms with Crippen molar-refractivity contribution in [1.82, 2.24) is 4.98 Å². The van der Waals surface area contributed by atoms with Crippen molar-refractivity contribution in [2.45, 2.75) is 33.1 Å². The molecule has 21 heavy (non-hydrogen) atoms. The quantitative estimate of drug-likeness (QED) is 0.885. The van der Waals surface area contributed by atoms with Gasteiger partial charge in [-0.15, -0.1) is 0 Å². The van der Waals surface area contributed by atoms with E-state index >= 15 is 0 Å². The lowest BCUT2D eigenvalue weighted by molar-refractivity contribution is 0.320. The molecular formula is C18H26N2O. The van der Waals surface area contributed by atoms with Gasteiger partial charge in [-0.1, -0.05) is 32.0 Å². The van der Waals surface area contributed by atoms with Gasteiger partial charge < -0.3 is 10.5 Å². The number of aryl methyl sites for hydroxylation is 2. The van der Waals surface area contributed by atoms with Gasteiger partial charge in [0.25, 0.3) is 0 Å². The summed E-state index contributed by atoms with van der Waals surface area (Å²) in [6.45, 7) is 4.96. The number of nitrogens with zero attached hydrogens (tertiary/aromatic N) is 1. The first kappa shape index (κ1) is 17.2. The molecule has 0 saturated heterocycles. The summed E-state index contributed by atoms with van der Waals surface area (Å²) in [7, 11) is 1.50. The van der Waals surface area contributed by atoms with Gasteiger partial charge in [0.15, 0.2) is 0 Å². The van der Waals surface area contributed by atoms with Crippen molar-refractivity contribution in [1.29, 1.82) is 0 Å². The molecule has 3 nitrogen and oxygen atoms in total. The maximum absolute atomic E-state index is 5.73. The summed E-state index contributed by atoms with van der Waals surface area (Å²) in [6, 6.07) is 12.5. The lowest BCUT2D eigenvalue weighted by Gasteiger charge is -2.07. The van der Waals surface area contributed by atoms with E-state index in [-0.39, 0.29) is 0 Å². The van der Waals surface area contributed by atoms with Crippen molar-refractivity contribution in [3.8, 4) is 5.75 Å². The zero-order valence-electron chi connectivity index (χ0n) is 13.3.